The van der Waals surface area contributed by atoms with Crippen molar-refractivity contribution in [2.45, 2.75) is 51.6 Å². The van der Waals surface area contributed by atoms with E-state index in [0.717, 1.165) is 54.8 Å². The number of anilines is 3. The predicted octanol–water partition coefficient (Wildman–Crippen LogP) is 3.04. The van der Waals surface area contributed by atoms with Gasteiger partial charge in [-0.1, -0.05) is 0 Å². The molecule has 2 heterocycles. The molecule has 0 bridgehead atoms. The minimum Gasteiger partial charge on any atom is -0.490 e. The van der Waals surface area contributed by atoms with Crippen molar-refractivity contribution in [3.8, 4) is 5.75 Å². The number of carbonyl (C=O) groups excluding carboxylic acids is 3. The maximum atomic E-state index is 13.7. The van der Waals surface area contributed by atoms with E-state index in [0.29, 0.717) is 30.6 Å². The molecular weight excluding hydrogens is 458 g/mol. The number of hydrogen-bond donors (Lipinski definition) is 3. The number of carbonyl (C=O) groups is 3. The molecule has 4 rings (SSSR count). The maximum absolute atomic E-state index is 13.7. The van der Waals surface area contributed by atoms with Gasteiger partial charge in [0, 0.05) is 43.7 Å². The van der Waals surface area contributed by atoms with Crippen LogP contribution in [0, 0.1) is 0 Å². The number of ether oxygens (including phenoxy) is 1. The average molecular weight is 492 g/mol. The zero-order valence-electron chi connectivity index (χ0n) is 20.5. The lowest BCUT2D eigenvalue weighted by Crippen LogP contribution is -2.46. The van der Waals surface area contributed by atoms with E-state index in [1.54, 1.807) is 4.90 Å². The highest BCUT2D eigenvalue weighted by Gasteiger charge is 2.32. The summed E-state index contributed by atoms with van der Waals surface area (Å²) in [6, 6.07) is 13.2. The molecule has 9 nitrogen and oxygen atoms in total. The molecule has 0 saturated heterocycles. The molecule has 0 radical (unpaired) electrons. The predicted molar refractivity (Wildman–Crippen MR) is 140 cm³/mol. The number of fused-ring (bicyclic) bond motifs is 1. The third-order valence-corrected chi connectivity index (χ3v) is 6.46. The van der Waals surface area contributed by atoms with Crippen molar-refractivity contribution in [3.05, 3.63) is 59.3 Å². The van der Waals surface area contributed by atoms with Crippen molar-refractivity contribution in [1.82, 2.24) is 0 Å². The average Bonchev–Trinajstić information content (AvgIpc) is 3.23. The largest absolute Gasteiger partial charge is 0.490 e. The van der Waals surface area contributed by atoms with E-state index in [4.69, 9.17) is 16.3 Å². The quantitative estimate of drug-likeness (QED) is 0.191. The first-order valence-electron chi connectivity index (χ1n) is 12.3. The van der Waals surface area contributed by atoms with Gasteiger partial charge in [-0.3, -0.25) is 14.6 Å². The fourth-order valence-corrected chi connectivity index (χ4v) is 4.68. The standard InChI is InChI=1S/C27H33N5O4/c1-18-15-20-16-23(9-10-24(20)36-18)32(29)26-19(17-25(28)34)11-13-31(27(26)35)22-7-5-21(6-8-22)30-12-3-2-4-14-33/h5-10,14,16,18,30H,2-4,11-13,15,17,29H2,1H3,(H2,28,34). The van der Waals surface area contributed by atoms with Gasteiger partial charge in [0.2, 0.25) is 5.91 Å². The van der Waals surface area contributed by atoms with Crippen LogP contribution in [0.5, 0.6) is 5.75 Å². The van der Waals surface area contributed by atoms with Gasteiger partial charge in [0.15, 0.2) is 0 Å². The van der Waals surface area contributed by atoms with Crippen LogP contribution in [-0.2, 0) is 20.8 Å². The maximum Gasteiger partial charge on any atom is 0.276 e. The highest BCUT2D eigenvalue weighted by Crippen LogP contribution is 2.35. The lowest BCUT2D eigenvalue weighted by molar-refractivity contribution is -0.117. The first-order valence-corrected chi connectivity index (χ1v) is 12.3. The summed E-state index contributed by atoms with van der Waals surface area (Å²) in [7, 11) is 0. The Kier molecular flexibility index (Phi) is 7.90. The van der Waals surface area contributed by atoms with E-state index < -0.39 is 5.91 Å². The third kappa shape index (κ3) is 5.68. The molecule has 2 aliphatic heterocycles. The first kappa shape index (κ1) is 25.2. The third-order valence-electron chi connectivity index (χ3n) is 6.46. The molecule has 2 amide bonds. The summed E-state index contributed by atoms with van der Waals surface area (Å²) in [6.07, 6.45) is 4.58. The van der Waals surface area contributed by atoms with Crippen LogP contribution in [-0.4, -0.2) is 37.3 Å². The number of hydrazine groups is 1. The molecule has 0 aromatic heterocycles. The van der Waals surface area contributed by atoms with Crippen LogP contribution in [0.4, 0.5) is 17.1 Å². The Balaban J connectivity index is 1.54. The number of primary amides is 1. The van der Waals surface area contributed by atoms with Gasteiger partial charge < -0.3 is 25.5 Å². The molecule has 2 aliphatic rings. The Bertz CT molecular complexity index is 1160. The van der Waals surface area contributed by atoms with Crippen molar-refractivity contribution in [3.63, 3.8) is 0 Å². The number of amides is 2. The molecule has 0 saturated carbocycles. The number of nitrogens with zero attached hydrogens (tertiary/aromatic N) is 2. The molecule has 0 fully saturated rings. The first-order chi connectivity index (χ1) is 17.4. The molecule has 36 heavy (non-hydrogen) atoms. The van der Waals surface area contributed by atoms with Crippen molar-refractivity contribution in [2.75, 3.05) is 28.3 Å². The van der Waals surface area contributed by atoms with Crippen molar-refractivity contribution in [2.24, 2.45) is 11.6 Å². The number of rotatable bonds is 11. The molecule has 2 aromatic carbocycles. The summed E-state index contributed by atoms with van der Waals surface area (Å²) in [5, 5.41) is 4.69. The monoisotopic (exact) mass is 491 g/mol. The lowest BCUT2D eigenvalue weighted by Gasteiger charge is -2.34. The van der Waals surface area contributed by atoms with Gasteiger partial charge in [-0.2, -0.15) is 0 Å². The second-order valence-corrected chi connectivity index (χ2v) is 9.23. The summed E-state index contributed by atoms with van der Waals surface area (Å²) in [5.41, 5.74) is 9.74. The van der Waals surface area contributed by atoms with Crippen LogP contribution >= 0.6 is 0 Å². The van der Waals surface area contributed by atoms with E-state index in [-0.39, 0.29) is 24.1 Å². The van der Waals surface area contributed by atoms with Gasteiger partial charge in [0.1, 0.15) is 23.8 Å². The molecule has 0 aliphatic carbocycles. The SMILES string of the molecule is CC1Cc2cc(N(N)C3=C(CC(N)=O)CCN(c4ccc(NCCCCC=O)cc4)C3=O)ccc2O1. The molecule has 9 heteroatoms. The van der Waals surface area contributed by atoms with Gasteiger partial charge in [0.05, 0.1) is 5.69 Å². The normalized spacial score (nSPS) is 17.0. The molecule has 5 N–H and O–H groups in total. The smallest absolute Gasteiger partial charge is 0.276 e. The van der Waals surface area contributed by atoms with Crippen LogP contribution in [0.3, 0.4) is 0 Å². The Morgan fingerprint density at radius 1 is 1.22 bits per heavy atom. The highest BCUT2D eigenvalue weighted by molar-refractivity contribution is 6.09. The summed E-state index contributed by atoms with van der Waals surface area (Å²) in [6.45, 7) is 3.20. The summed E-state index contributed by atoms with van der Waals surface area (Å²) >= 11 is 0. The number of nitrogens with one attached hydrogen (secondary N) is 1. The molecule has 1 unspecified atom stereocenters. The van der Waals surface area contributed by atoms with Crippen molar-refractivity contribution in [1.29, 1.82) is 0 Å². The van der Waals surface area contributed by atoms with E-state index >= 15 is 0 Å². The number of unbranched alkanes of at least 4 members (excludes halogenated alkanes) is 2. The summed E-state index contributed by atoms with van der Waals surface area (Å²) in [5.74, 6) is 6.55. The minimum absolute atomic E-state index is 0.0271. The zero-order valence-corrected chi connectivity index (χ0v) is 20.5. The molecule has 2 aromatic rings. The zero-order chi connectivity index (χ0) is 25.7. The van der Waals surface area contributed by atoms with Crippen LogP contribution in [0.25, 0.3) is 0 Å². The van der Waals surface area contributed by atoms with Crippen molar-refractivity contribution >= 4 is 35.2 Å². The topological polar surface area (TPSA) is 131 Å². The second-order valence-electron chi connectivity index (χ2n) is 9.23. The molecular formula is C27H33N5O4. The van der Waals surface area contributed by atoms with Crippen molar-refractivity contribution < 1.29 is 19.1 Å². The Labute approximate surface area is 211 Å². The van der Waals surface area contributed by atoms with Gasteiger partial charge in [-0.05, 0) is 79.8 Å². The van der Waals surface area contributed by atoms with Gasteiger partial charge in [-0.25, -0.2) is 5.84 Å². The van der Waals surface area contributed by atoms with Crippen LogP contribution in [0.2, 0.25) is 0 Å². The van der Waals surface area contributed by atoms with E-state index in [1.165, 1.54) is 5.01 Å². The van der Waals surface area contributed by atoms with E-state index in [9.17, 15) is 14.4 Å². The Morgan fingerprint density at radius 2 is 2.00 bits per heavy atom. The molecule has 1 atom stereocenters. The molecule has 0 spiro atoms. The fourth-order valence-electron chi connectivity index (χ4n) is 4.68. The summed E-state index contributed by atoms with van der Waals surface area (Å²) in [4.78, 5) is 37.6. The number of benzene rings is 2. The van der Waals surface area contributed by atoms with Gasteiger partial charge in [-0.15, -0.1) is 0 Å². The van der Waals surface area contributed by atoms with E-state index in [1.807, 2.05) is 49.4 Å². The van der Waals surface area contributed by atoms with Gasteiger partial charge >= 0.3 is 0 Å². The lowest BCUT2D eigenvalue weighted by atomic mass is 9.99. The second kappa shape index (κ2) is 11.3. The van der Waals surface area contributed by atoms with Gasteiger partial charge in [0.25, 0.3) is 5.91 Å². The number of hydrogen-bond acceptors (Lipinski definition) is 7. The minimum atomic E-state index is -0.503. The fraction of sp³-hybridized carbons (Fsp3) is 0.370. The Morgan fingerprint density at radius 3 is 2.72 bits per heavy atom. The van der Waals surface area contributed by atoms with E-state index in [2.05, 4.69) is 5.32 Å². The van der Waals surface area contributed by atoms with Crippen LogP contribution < -0.4 is 31.5 Å². The molecule has 190 valence electrons. The Hall–Kier alpha value is -3.85. The summed E-state index contributed by atoms with van der Waals surface area (Å²) < 4.78 is 5.78. The highest BCUT2D eigenvalue weighted by atomic mass is 16.5. The van der Waals surface area contributed by atoms with Crippen LogP contribution in [0.15, 0.2) is 53.7 Å². The van der Waals surface area contributed by atoms with Crippen LogP contribution in [0.1, 0.15) is 44.6 Å². The number of nitrogens with two attached hydrogens (primary N) is 2. The number of aldehydes is 1.